The van der Waals surface area contributed by atoms with Crippen molar-refractivity contribution in [2.75, 3.05) is 32.9 Å². The van der Waals surface area contributed by atoms with E-state index in [0.29, 0.717) is 13.1 Å². The van der Waals surface area contributed by atoms with Crippen LogP contribution >= 0.6 is 0 Å². The lowest BCUT2D eigenvalue weighted by atomic mass is 10.1. The number of carbonyl (C=O) groups excluding carboxylic acids is 1. The van der Waals surface area contributed by atoms with E-state index in [1.807, 2.05) is 19.0 Å². The van der Waals surface area contributed by atoms with Crippen LogP contribution in [0.15, 0.2) is 17.0 Å². The lowest BCUT2D eigenvalue weighted by Crippen LogP contribution is -2.31. The molecule has 22 heavy (non-hydrogen) atoms. The van der Waals surface area contributed by atoms with Crippen molar-refractivity contribution in [1.82, 2.24) is 10.2 Å². The molecule has 0 bridgehead atoms. The summed E-state index contributed by atoms with van der Waals surface area (Å²) >= 11 is 0. The summed E-state index contributed by atoms with van der Waals surface area (Å²) in [4.78, 5) is 23.8. The van der Waals surface area contributed by atoms with Gasteiger partial charge in [-0.1, -0.05) is 6.92 Å². The SMILES string of the molecule is CCS(=O)(=O)c1[c]cc(C(=O)NCCN(C)C)c([N+](=O)[O-])c1. The van der Waals surface area contributed by atoms with Gasteiger partial charge in [0.25, 0.3) is 11.6 Å². The molecule has 0 aliphatic carbocycles. The van der Waals surface area contributed by atoms with E-state index >= 15 is 0 Å². The highest BCUT2D eigenvalue weighted by molar-refractivity contribution is 7.91. The molecule has 0 saturated heterocycles. The topological polar surface area (TPSA) is 110 Å². The molecule has 1 rings (SSSR count). The maximum Gasteiger partial charge on any atom is 0.283 e. The van der Waals surface area contributed by atoms with E-state index in [0.717, 1.165) is 12.1 Å². The second-order valence-electron chi connectivity index (χ2n) is 4.82. The number of likely N-dealkylation sites (N-methyl/N-ethyl adjacent to an activating group) is 1. The van der Waals surface area contributed by atoms with Crippen LogP contribution < -0.4 is 5.32 Å². The number of hydrogen-bond acceptors (Lipinski definition) is 6. The van der Waals surface area contributed by atoms with Crippen molar-refractivity contribution in [3.63, 3.8) is 0 Å². The highest BCUT2D eigenvalue weighted by atomic mass is 32.2. The monoisotopic (exact) mass is 328 g/mol. The van der Waals surface area contributed by atoms with Crippen molar-refractivity contribution in [2.45, 2.75) is 11.8 Å². The van der Waals surface area contributed by atoms with Crippen LogP contribution in [0.5, 0.6) is 0 Å². The van der Waals surface area contributed by atoms with Gasteiger partial charge < -0.3 is 10.2 Å². The number of sulfone groups is 1. The normalized spacial score (nSPS) is 11.5. The lowest BCUT2D eigenvalue weighted by molar-refractivity contribution is -0.385. The first kappa shape index (κ1) is 18.1. The average Bonchev–Trinajstić information content (AvgIpc) is 2.45. The van der Waals surface area contributed by atoms with Crippen LogP contribution in [0.2, 0.25) is 0 Å². The van der Waals surface area contributed by atoms with Crippen LogP contribution in [0.4, 0.5) is 5.69 Å². The van der Waals surface area contributed by atoms with Gasteiger partial charge in [0.1, 0.15) is 5.56 Å². The fourth-order valence-electron chi connectivity index (χ4n) is 1.62. The van der Waals surface area contributed by atoms with Gasteiger partial charge in [0.2, 0.25) is 0 Å². The molecule has 1 N–H and O–H groups in total. The van der Waals surface area contributed by atoms with Gasteiger partial charge >= 0.3 is 0 Å². The molecule has 0 heterocycles. The minimum absolute atomic E-state index is 0.199. The molecule has 1 radical (unpaired) electrons. The molecule has 0 aliphatic heterocycles. The largest absolute Gasteiger partial charge is 0.351 e. The highest BCUT2D eigenvalue weighted by Crippen LogP contribution is 2.23. The predicted octanol–water partition coefficient (Wildman–Crippen LogP) is 0.480. The summed E-state index contributed by atoms with van der Waals surface area (Å²) in [5.41, 5.74) is -0.757. The Morgan fingerprint density at radius 1 is 1.45 bits per heavy atom. The molecular formula is C13H18N3O5S. The van der Waals surface area contributed by atoms with Gasteiger partial charge in [-0.3, -0.25) is 14.9 Å². The van der Waals surface area contributed by atoms with Gasteiger partial charge in [0, 0.05) is 25.2 Å². The Bertz CT molecular complexity index is 670. The molecule has 0 unspecified atom stereocenters. The third-order valence-corrected chi connectivity index (χ3v) is 4.57. The first-order valence-electron chi connectivity index (χ1n) is 6.55. The fourth-order valence-corrected chi connectivity index (χ4v) is 2.46. The molecular weight excluding hydrogens is 310 g/mol. The number of nitrogens with one attached hydrogen (secondary N) is 1. The number of nitro benzene ring substituents is 1. The van der Waals surface area contributed by atoms with Gasteiger partial charge in [-0.25, -0.2) is 8.42 Å². The summed E-state index contributed by atoms with van der Waals surface area (Å²) in [6.07, 6.45) is 0. The van der Waals surface area contributed by atoms with E-state index in [1.54, 1.807) is 0 Å². The van der Waals surface area contributed by atoms with E-state index in [-0.39, 0.29) is 16.2 Å². The van der Waals surface area contributed by atoms with Crippen LogP contribution in [0, 0.1) is 16.2 Å². The average molecular weight is 328 g/mol. The lowest BCUT2D eigenvalue weighted by Gasteiger charge is -2.11. The summed E-state index contributed by atoms with van der Waals surface area (Å²) in [6.45, 7) is 2.32. The van der Waals surface area contributed by atoms with Gasteiger partial charge in [0.15, 0.2) is 9.84 Å². The Morgan fingerprint density at radius 2 is 2.09 bits per heavy atom. The number of carbonyl (C=O) groups is 1. The number of hydrogen-bond donors (Lipinski definition) is 1. The smallest absolute Gasteiger partial charge is 0.283 e. The van der Waals surface area contributed by atoms with Crippen LogP contribution in [0.1, 0.15) is 17.3 Å². The van der Waals surface area contributed by atoms with Crippen LogP contribution in [-0.2, 0) is 9.84 Å². The minimum atomic E-state index is -3.62. The molecule has 9 heteroatoms. The summed E-state index contributed by atoms with van der Waals surface area (Å²) in [5, 5.41) is 13.6. The second kappa shape index (κ2) is 7.32. The van der Waals surface area contributed by atoms with Crippen molar-refractivity contribution in [1.29, 1.82) is 0 Å². The molecule has 0 spiro atoms. The van der Waals surface area contributed by atoms with Crippen LogP contribution in [0.3, 0.4) is 0 Å². The number of nitrogens with zero attached hydrogens (tertiary/aromatic N) is 2. The molecule has 0 aliphatic rings. The molecule has 1 aromatic rings. The van der Waals surface area contributed by atoms with E-state index in [2.05, 4.69) is 11.4 Å². The molecule has 121 valence electrons. The summed E-state index contributed by atoms with van der Waals surface area (Å²) in [6, 6.07) is 4.36. The highest BCUT2D eigenvalue weighted by Gasteiger charge is 2.24. The van der Waals surface area contributed by atoms with Crippen molar-refractivity contribution < 1.29 is 18.1 Å². The summed E-state index contributed by atoms with van der Waals surface area (Å²) in [5.74, 6) is -0.833. The van der Waals surface area contributed by atoms with Crippen molar-refractivity contribution in [2.24, 2.45) is 0 Å². The van der Waals surface area contributed by atoms with Crippen LogP contribution in [-0.4, -0.2) is 57.1 Å². The van der Waals surface area contributed by atoms with E-state index in [9.17, 15) is 23.3 Å². The third-order valence-electron chi connectivity index (χ3n) is 2.90. The maximum absolute atomic E-state index is 12.0. The Kier molecular flexibility index (Phi) is 6.01. The van der Waals surface area contributed by atoms with Crippen molar-refractivity contribution in [3.8, 4) is 0 Å². The molecule has 0 atom stereocenters. The summed E-state index contributed by atoms with van der Waals surface area (Å²) in [7, 11) is 0.0291. The van der Waals surface area contributed by atoms with E-state index in [1.165, 1.54) is 6.92 Å². The number of rotatable bonds is 7. The number of benzene rings is 1. The Morgan fingerprint density at radius 3 is 2.59 bits per heavy atom. The van der Waals surface area contributed by atoms with E-state index in [4.69, 9.17) is 0 Å². The summed E-state index contributed by atoms with van der Waals surface area (Å²) < 4.78 is 23.5. The van der Waals surface area contributed by atoms with Gasteiger partial charge in [0.05, 0.1) is 15.6 Å². The van der Waals surface area contributed by atoms with E-state index < -0.39 is 26.4 Å². The molecule has 0 aromatic heterocycles. The zero-order valence-corrected chi connectivity index (χ0v) is 13.4. The van der Waals surface area contributed by atoms with Crippen LogP contribution in [0.25, 0.3) is 0 Å². The molecule has 0 saturated carbocycles. The van der Waals surface area contributed by atoms with Gasteiger partial charge in [-0.15, -0.1) is 0 Å². The Balaban J connectivity index is 3.10. The first-order valence-corrected chi connectivity index (χ1v) is 8.20. The van der Waals surface area contributed by atoms with Gasteiger partial charge in [-0.05, 0) is 20.2 Å². The first-order chi connectivity index (χ1) is 10.2. The van der Waals surface area contributed by atoms with Crippen molar-refractivity contribution in [3.05, 3.63) is 33.9 Å². The maximum atomic E-state index is 12.0. The second-order valence-corrected chi connectivity index (χ2v) is 7.06. The predicted molar refractivity (Wildman–Crippen MR) is 80.5 cm³/mol. The Hall–Kier alpha value is -2.00. The quantitative estimate of drug-likeness (QED) is 0.576. The standard InChI is InChI=1S/C13H18N3O5S/c1-4-22(20,21)10-5-6-11(12(9-10)16(18)19)13(17)14-7-8-15(2)3/h6,9H,4,7-8H2,1-3H3,(H,14,17). The third kappa shape index (κ3) is 4.50. The zero-order valence-electron chi connectivity index (χ0n) is 12.6. The molecule has 1 amide bonds. The number of nitro groups is 1. The Labute approximate surface area is 129 Å². The number of amides is 1. The molecule has 0 fully saturated rings. The van der Waals surface area contributed by atoms with Gasteiger partial charge in [-0.2, -0.15) is 0 Å². The minimum Gasteiger partial charge on any atom is -0.351 e. The molecule has 8 nitrogen and oxygen atoms in total. The van der Waals surface area contributed by atoms with Crippen molar-refractivity contribution >= 4 is 21.4 Å². The fraction of sp³-hybridized carbons (Fsp3) is 0.462. The molecule has 1 aromatic carbocycles. The zero-order chi connectivity index (χ0) is 16.9.